The number of rotatable bonds is 9. The molecule has 0 saturated carbocycles. The van der Waals surface area contributed by atoms with Gasteiger partial charge in [-0.25, -0.2) is 5.43 Å². The number of carbonyl (C=O) groups is 3. The fourth-order valence-electron chi connectivity index (χ4n) is 3.92. The van der Waals surface area contributed by atoms with E-state index in [4.69, 9.17) is 0 Å². The summed E-state index contributed by atoms with van der Waals surface area (Å²) in [5.41, 5.74) is 6.62. The second-order valence-corrected chi connectivity index (χ2v) is 8.37. The summed E-state index contributed by atoms with van der Waals surface area (Å²) in [5.74, 6) is -1.15. The molecule has 35 heavy (non-hydrogen) atoms. The van der Waals surface area contributed by atoms with E-state index in [1.165, 1.54) is 5.56 Å². The highest BCUT2D eigenvalue weighted by Gasteiger charge is 2.34. The van der Waals surface area contributed by atoms with Crippen LogP contribution in [-0.2, 0) is 22.6 Å². The van der Waals surface area contributed by atoms with Crippen molar-refractivity contribution in [2.75, 3.05) is 11.4 Å². The Morgan fingerprint density at radius 3 is 2.34 bits per heavy atom. The number of hydrogen-bond acceptors (Lipinski definition) is 4. The minimum absolute atomic E-state index is 0.166. The number of benzene rings is 3. The number of nitrogens with zero attached hydrogens (tertiary/aromatic N) is 2. The summed E-state index contributed by atoms with van der Waals surface area (Å²) in [6.45, 7) is 2.29. The predicted octanol–water partition coefficient (Wildman–Crippen LogP) is 3.83. The van der Waals surface area contributed by atoms with Gasteiger partial charge in [-0.15, -0.1) is 0 Å². The molecule has 0 radical (unpaired) electrons. The SMILES string of the molecule is CCCCc1ccc(C(=O)NCC(=O)N/N=C2\C(=O)N(Cc3ccccc3)c3ccccc32)cc1. The summed E-state index contributed by atoms with van der Waals surface area (Å²) in [7, 11) is 0. The average molecular weight is 469 g/mol. The third kappa shape index (κ3) is 5.81. The molecule has 0 fully saturated rings. The highest BCUT2D eigenvalue weighted by atomic mass is 16.2. The monoisotopic (exact) mass is 468 g/mol. The van der Waals surface area contributed by atoms with Crippen molar-refractivity contribution < 1.29 is 14.4 Å². The molecule has 0 bridgehead atoms. The zero-order chi connectivity index (χ0) is 24.6. The Morgan fingerprint density at radius 2 is 1.60 bits per heavy atom. The van der Waals surface area contributed by atoms with E-state index in [1.54, 1.807) is 23.1 Å². The second-order valence-electron chi connectivity index (χ2n) is 8.37. The lowest BCUT2D eigenvalue weighted by molar-refractivity contribution is -0.120. The molecular weight excluding hydrogens is 440 g/mol. The van der Waals surface area contributed by atoms with E-state index >= 15 is 0 Å². The quantitative estimate of drug-likeness (QED) is 0.468. The van der Waals surface area contributed by atoms with Crippen LogP contribution in [-0.4, -0.2) is 30.0 Å². The highest BCUT2D eigenvalue weighted by molar-refractivity contribution is 6.54. The smallest absolute Gasteiger partial charge is 0.279 e. The van der Waals surface area contributed by atoms with Gasteiger partial charge in [-0.3, -0.25) is 14.4 Å². The number of amides is 3. The molecule has 1 aliphatic rings. The van der Waals surface area contributed by atoms with Crippen LogP contribution in [0.25, 0.3) is 0 Å². The predicted molar refractivity (Wildman–Crippen MR) is 136 cm³/mol. The van der Waals surface area contributed by atoms with Crippen LogP contribution in [0, 0.1) is 0 Å². The molecule has 0 aromatic heterocycles. The van der Waals surface area contributed by atoms with Crippen molar-refractivity contribution in [2.24, 2.45) is 5.10 Å². The maximum absolute atomic E-state index is 13.1. The van der Waals surface area contributed by atoms with E-state index in [0.29, 0.717) is 17.7 Å². The lowest BCUT2D eigenvalue weighted by atomic mass is 10.1. The number of hydrazone groups is 1. The Hall–Kier alpha value is -4.26. The topological polar surface area (TPSA) is 90.9 Å². The number of carbonyl (C=O) groups excluding carboxylic acids is 3. The Morgan fingerprint density at radius 1 is 0.886 bits per heavy atom. The van der Waals surface area contributed by atoms with Gasteiger partial charge in [0, 0.05) is 11.1 Å². The minimum atomic E-state index is -0.516. The zero-order valence-corrected chi connectivity index (χ0v) is 19.7. The molecule has 0 unspecified atom stereocenters. The first-order chi connectivity index (χ1) is 17.1. The highest BCUT2D eigenvalue weighted by Crippen LogP contribution is 2.30. The largest absolute Gasteiger partial charge is 0.343 e. The Bertz CT molecular complexity index is 1240. The maximum Gasteiger partial charge on any atom is 0.279 e. The van der Waals surface area contributed by atoms with Gasteiger partial charge in [-0.2, -0.15) is 5.10 Å². The summed E-state index contributed by atoms with van der Waals surface area (Å²) in [4.78, 5) is 39.5. The molecular formula is C28H28N4O3. The molecule has 1 heterocycles. The number of nitrogens with one attached hydrogen (secondary N) is 2. The molecule has 1 aliphatic heterocycles. The average Bonchev–Trinajstić information content (AvgIpc) is 3.16. The number of hydrogen-bond donors (Lipinski definition) is 2. The summed E-state index contributed by atoms with van der Waals surface area (Å²) in [5, 5.41) is 6.70. The van der Waals surface area contributed by atoms with Gasteiger partial charge in [0.2, 0.25) is 0 Å². The summed E-state index contributed by atoms with van der Waals surface area (Å²) >= 11 is 0. The third-order valence-corrected chi connectivity index (χ3v) is 5.82. The van der Waals surface area contributed by atoms with Crippen LogP contribution in [0.5, 0.6) is 0 Å². The van der Waals surface area contributed by atoms with Crippen LogP contribution >= 0.6 is 0 Å². The van der Waals surface area contributed by atoms with Crippen LogP contribution in [0.15, 0.2) is 84.0 Å². The summed E-state index contributed by atoms with van der Waals surface area (Å²) in [6.07, 6.45) is 3.20. The first-order valence-corrected chi connectivity index (χ1v) is 11.8. The molecule has 3 aromatic carbocycles. The van der Waals surface area contributed by atoms with E-state index in [2.05, 4.69) is 22.8 Å². The normalized spacial score (nSPS) is 13.6. The van der Waals surface area contributed by atoms with Gasteiger partial charge in [0.05, 0.1) is 18.8 Å². The van der Waals surface area contributed by atoms with Crippen LogP contribution in [0.1, 0.15) is 46.8 Å². The van der Waals surface area contributed by atoms with Crippen molar-refractivity contribution in [3.63, 3.8) is 0 Å². The lowest BCUT2D eigenvalue weighted by Gasteiger charge is -2.16. The molecule has 0 atom stereocenters. The van der Waals surface area contributed by atoms with Crippen molar-refractivity contribution in [1.29, 1.82) is 0 Å². The second kappa shape index (κ2) is 11.2. The third-order valence-electron chi connectivity index (χ3n) is 5.82. The van der Waals surface area contributed by atoms with Crippen molar-refractivity contribution in [3.8, 4) is 0 Å². The number of aryl methyl sites for hydroxylation is 1. The molecule has 4 rings (SSSR count). The number of fused-ring (bicyclic) bond motifs is 1. The molecule has 0 aliphatic carbocycles. The molecule has 7 nitrogen and oxygen atoms in total. The van der Waals surface area contributed by atoms with Crippen molar-refractivity contribution in [1.82, 2.24) is 10.7 Å². The van der Waals surface area contributed by atoms with Gasteiger partial charge in [-0.05, 0) is 42.2 Å². The van der Waals surface area contributed by atoms with Crippen LogP contribution in [0.2, 0.25) is 0 Å². The van der Waals surface area contributed by atoms with Crippen molar-refractivity contribution >= 4 is 29.1 Å². The first kappa shape index (κ1) is 23.9. The van der Waals surface area contributed by atoms with Crippen LogP contribution < -0.4 is 15.6 Å². The van der Waals surface area contributed by atoms with Gasteiger partial charge >= 0.3 is 0 Å². The van der Waals surface area contributed by atoms with E-state index in [0.717, 1.165) is 30.5 Å². The lowest BCUT2D eigenvalue weighted by Crippen LogP contribution is -2.36. The van der Waals surface area contributed by atoms with Gasteiger partial charge < -0.3 is 10.2 Å². The van der Waals surface area contributed by atoms with E-state index < -0.39 is 5.91 Å². The number of unbranched alkanes of at least 4 members (excludes halogenated alkanes) is 1. The minimum Gasteiger partial charge on any atom is -0.343 e. The van der Waals surface area contributed by atoms with E-state index in [9.17, 15) is 14.4 Å². The zero-order valence-electron chi connectivity index (χ0n) is 19.7. The molecule has 2 N–H and O–H groups in total. The molecule has 7 heteroatoms. The molecule has 3 aromatic rings. The van der Waals surface area contributed by atoms with Crippen LogP contribution in [0.4, 0.5) is 5.69 Å². The first-order valence-electron chi connectivity index (χ1n) is 11.8. The van der Waals surface area contributed by atoms with E-state index in [-0.39, 0.29) is 24.1 Å². The maximum atomic E-state index is 13.1. The van der Waals surface area contributed by atoms with Gasteiger partial charge in [0.25, 0.3) is 17.7 Å². The summed E-state index contributed by atoms with van der Waals surface area (Å²) < 4.78 is 0. The molecule has 0 spiro atoms. The Balaban J connectivity index is 1.37. The number of para-hydroxylation sites is 1. The molecule has 0 saturated heterocycles. The number of anilines is 1. The van der Waals surface area contributed by atoms with Gasteiger partial charge in [0.15, 0.2) is 5.71 Å². The molecule has 3 amide bonds. The van der Waals surface area contributed by atoms with Crippen molar-refractivity contribution in [2.45, 2.75) is 32.7 Å². The standard InChI is InChI=1S/C28H28N4O3/c1-2-3-9-20-14-16-22(17-15-20)27(34)29-18-25(33)30-31-26-23-12-7-8-13-24(23)32(28(26)35)19-21-10-5-4-6-11-21/h4-8,10-17H,2-3,9,18-19H2,1H3,(H,29,34)(H,30,33)/b31-26-. The van der Waals surface area contributed by atoms with Gasteiger partial charge in [0.1, 0.15) is 0 Å². The van der Waals surface area contributed by atoms with Gasteiger partial charge in [-0.1, -0.05) is 74.0 Å². The fraction of sp³-hybridized carbons (Fsp3) is 0.214. The Labute approximate surface area is 204 Å². The fourth-order valence-corrected chi connectivity index (χ4v) is 3.92. The Kier molecular flexibility index (Phi) is 7.67. The molecule has 178 valence electrons. The van der Waals surface area contributed by atoms with Crippen molar-refractivity contribution in [3.05, 3.63) is 101 Å². The van der Waals surface area contributed by atoms with Crippen LogP contribution in [0.3, 0.4) is 0 Å². The van der Waals surface area contributed by atoms with E-state index in [1.807, 2.05) is 60.7 Å². The summed E-state index contributed by atoms with van der Waals surface area (Å²) in [6, 6.07) is 24.4.